The highest BCUT2D eigenvalue weighted by atomic mass is 35.5. The van der Waals surface area contributed by atoms with Crippen LogP contribution in [0.4, 0.5) is 0 Å². The van der Waals surface area contributed by atoms with Crippen molar-refractivity contribution in [3.63, 3.8) is 0 Å². The molecule has 142 valence electrons. The number of fused-ring (bicyclic) bond motifs is 3. The molecule has 0 amide bonds. The molecule has 1 aromatic heterocycles. The van der Waals surface area contributed by atoms with Crippen LogP contribution in [0.1, 0.15) is 41.6 Å². The first-order valence-corrected chi connectivity index (χ1v) is 10.6. The zero-order valence-electron chi connectivity index (χ0n) is 15.3. The second kappa shape index (κ2) is 7.15. The summed E-state index contributed by atoms with van der Waals surface area (Å²) in [7, 11) is 0. The van der Waals surface area contributed by atoms with Crippen LogP contribution >= 0.6 is 22.9 Å². The van der Waals surface area contributed by atoms with Gasteiger partial charge in [0.25, 0.3) is 0 Å². The third-order valence-electron chi connectivity index (χ3n) is 5.06. The van der Waals surface area contributed by atoms with E-state index in [9.17, 15) is 0 Å². The molecule has 0 aliphatic carbocycles. The summed E-state index contributed by atoms with van der Waals surface area (Å²) < 4.78 is 12.3. The van der Waals surface area contributed by atoms with Crippen LogP contribution in [0.2, 0.25) is 5.02 Å². The van der Waals surface area contributed by atoms with Crippen LogP contribution in [0.25, 0.3) is 0 Å². The highest BCUT2D eigenvalue weighted by Gasteiger charge is 2.42. The molecular weight excluding hydrogens is 392 g/mol. The minimum absolute atomic E-state index is 0.0857. The number of ether oxygens (including phenoxy) is 2. The van der Waals surface area contributed by atoms with E-state index in [1.807, 2.05) is 48.3 Å². The number of hydrogen-bond donors (Lipinski definition) is 0. The summed E-state index contributed by atoms with van der Waals surface area (Å²) in [6.07, 6.45) is 0.429. The molecule has 6 heteroatoms. The first-order chi connectivity index (χ1) is 13.8. The fourth-order valence-corrected chi connectivity index (χ4v) is 4.78. The molecule has 4 nitrogen and oxygen atoms in total. The van der Waals surface area contributed by atoms with Crippen LogP contribution in [0.3, 0.4) is 0 Å². The van der Waals surface area contributed by atoms with Crippen LogP contribution in [0, 0.1) is 0 Å². The lowest BCUT2D eigenvalue weighted by atomic mass is 9.97. The van der Waals surface area contributed by atoms with Crippen molar-refractivity contribution in [1.82, 2.24) is 5.01 Å². The van der Waals surface area contributed by atoms with Crippen molar-refractivity contribution < 1.29 is 9.47 Å². The van der Waals surface area contributed by atoms with Gasteiger partial charge in [-0.1, -0.05) is 48.0 Å². The molecule has 2 atom stereocenters. The number of rotatable bonds is 4. The van der Waals surface area contributed by atoms with Crippen molar-refractivity contribution in [2.45, 2.75) is 25.6 Å². The van der Waals surface area contributed by atoms with Crippen LogP contribution < -0.4 is 9.47 Å². The minimum atomic E-state index is -0.398. The van der Waals surface area contributed by atoms with Gasteiger partial charge in [0.1, 0.15) is 0 Å². The number of hydrazone groups is 1. The van der Waals surface area contributed by atoms with E-state index in [-0.39, 0.29) is 6.04 Å². The Labute approximate surface area is 173 Å². The topological polar surface area (TPSA) is 34.1 Å². The minimum Gasteiger partial charge on any atom is -0.490 e. The van der Waals surface area contributed by atoms with Crippen molar-refractivity contribution in [3.05, 3.63) is 81.0 Å². The van der Waals surface area contributed by atoms with Gasteiger partial charge in [-0.15, -0.1) is 11.3 Å². The van der Waals surface area contributed by atoms with Crippen LogP contribution in [-0.4, -0.2) is 17.3 Å². The summed E-state index contributed by atoms with van der Waals surface area (Å²) >= 11 is 8.24. The van der Waals surface area contributed by atoms with Crippen molar-refractivity contribution in [2.75, 3.05) is 6.61 Å². The Kier molecular flexibility index (Phi) is 4.49. The zero-order chi connectivity index (χ0) is 19.1. The van der Waals surface area contributed by atoms with Gasteiger partial charge in [0.2, 0.25) is 6.23 Å². The number of halogens is 1. The molecule has 2 aliphatic heterocycles. The van der Waals surface area contributed by atoms with Crippen molar-refractivity contribution in [1.29, 1.82) is 0 Å². The fraction of sp³-hybridized carbons (Fsp3) is 0.227. The van der Waals surface area contributed by atoms with E-state index in [0.29, 0.717) is 11.6 Å². The molecule has 0 N–H and O–H groups in total. The van der Waals surface area contributed by atoms with Gasteiger partial charge in [-0.2, -0.15) is 5.10 Å². The Hall–Kier alpha value is -2.50. The van der Waals surface area contributed by atoms with E-state index in [4.69, 9.17) is 26.2 Å². The summed E-state index contributed by atoms with van der Waals surface area (Å²) in [5.74, 6) is 1.56. The highest BCUT2D eigenvalue weighted by molar-refractivity contribution is 7.12. The van der Waals surface area contributed by atoms with Gasteiger partial charge in [0.15, 0.2) is 11.5 Å². The highest BCUT2D eigenvalue weighted by Crippen LogP contribution is 2.51. The summed E-state index contributed by atoms with van der Waals surface area (Å²) in [6, 6.07) is 18.1. The summed E-state index contributed by atoms with van der Waals surface area (Å²) in [4.78, 5) is 1.19. The van der Waals surface area contributed by atoms with Crippen LogP contribution in [-0.2, 0) is 0 Å². The lowest BCUT2D eigenvalue weighted by molar-refractivity contribution is -0.0211. The predicted molar refractivity (Wildman–Crippen MR) is 112 cm³/mol. The first kappa shape index (κ1) is 17.6. The zero-order valence-corrected chi connectivity index (χ0v) is 16.9. The van der Waals surface area contributed by atoms with E-state index in [2.05, 4.69) is 23.6 Å². The Balaban J connectivity index is 1.64. The molecule has 0 saturated heterocycles. The van der Waals surface area contributed by atoms with E-state index in [0.717, 1.165) is 34.8 Å². The van der Waals surface area contributed by atoms with Gasteiger partial charge in [-0.05, 0) is 30.5 Å². The Bertz CT molecular complexity index is 1030. The van der Waals surface area contributed by atoms with Crippen molar-refractivity contribution >= 4 is 28.6 Å². The number of para-hydroxylation sites is 1. The van der Waals surface area contributed by atoms with Crippen LogP contribution in [0.5, 0.6) is 11.5 Å². The summed E-state index contributed by atoms with van der Waals surface area (Å²) in [6.45, 7) is 2.57. The third kappa shape index (κ3) is 2.86. The van der Waals surface area contributed by atoms with Gasteiger partial charge < -0.3 is 9.47 Å². The molecule has 28 heavy (non-hydrogen) atoms. The van der Waals surface area contributed by atoms with Crippen molar-refractivity contribution in [2.24, 2.45) is 5.10 Å². The van der Waals surface area contributed by atoms with Gasteiger partial charge in [0.05, 0.1) is 23.2 Å². The van der Waals surface area contributed by atoms with Crippen LogP contribution in [0.15, 0.2) is 65.1 Å². The lowest BCUT2D eigenvalue weighted by Crippen LogP contribution is -2.34. The number of thiophene rings is 1. The predicted octanol–water partition coefficient (Wildman–Crippen LogP) is 6.04. The monoisotopic (exact) mass is 410 g/mol. The standard InChI is InChI=1S/C22H19ClN2O2S/c1-2-26-19-10-5-8-15-18-13-17(20-11-6-12-28-20)24-25(18)22(27-21(15)19)14-7-3-4-9-16(14)23/h3-12,18,22H,2,13H2,1H3/t18-,22+/m1/s1. The van der Waals surface area contributed by atoms with Gasteiger partial charge in [-0.25, -0.2) is 5.01 Å². The maximum atomic E-state index is 6.53. The third-order valence-corrected chi connectivity index (χ3v) is 6.32. The molecule has 5 rings (SSSR count). The molecule has 0 unspecified atom stereocenters. The summed E-state index contributed by atoms with van der Waals surface area (Å²) in [5, 5.41) is 9.76. The normalized spacial score (nSPS) is 20.2. The van der Waals surface area contributed by atoms with Gasteiger partial charge in [-0.3, -0.25) is 0 Å². The lowest BCUT2D eigenvalue weighted by Gasteiger charge is -2.39. The fourth-order valence-electron chi connectivity index (χ4n) is 3.83. The van der Waals surface area contributed by atoms with E-state index >= 15 is 0 Å². The van der Waals surface area contributed by atoms with E-state index < -0.39 is 6.23 Å². The number of nitrogens with zero attached hydrogens (tertiary/aromatic N) is 2. The first-order valence-electron chi connectivity index (χ1n) is 9.32. The Morgan fingerprint density at radius 2 is 2.00 bits per heavy atom. The molecule has 0 spiro atoms. The molecule has 3 aromatic rings. The second-order valence-corrected chi connectivity index (χ2v) is 8.08. The SMILES string of the molecule is CCOc1cccc2c1O[C@@H](c1ccccc1Cl)N1N=C(c3cccs3)C[C@H]21. The molecule has 3 heterocycles. The van der Waals surface area contributed by atoms with Gasteiger partial charge >= 0.3 is 0 Å². The molecule has 2 aromatic carbocycles. The van der Waals surface area contributed by atoms with Gasteiger partial charge in [0, 0.05) is 22.6 Å². The number of hydrogen-bond acceptors (Lipinski definition) is 5. The Morgan fingerprint density at radius 1 is 1.14 bits per heavy atom. The molecule has 0 saturated carbocycles. The molecular formula is C22H19ClN2O2S. The maximum absolute atomic E-state index is 6.53. The smallest absolute Gasteiger partial charge is 0.215 e. The molecule has 0 radical (unpaired) electrons. The van der Waals surface area contributed by atoms with E-state index in [1.165, 1.54) is 4.88 Å². The summed E-state index contributed by atoms with van der Waals surface area (Å²) in [5.41, 5.74) is 3.09. The molecule has 0 bridgehead atoms. The van der Waals surface area contributed by atoms with E-state index in [1.54, 1.807) is 11.3 Å². The average molecular weight is 411 g/mol. The molecule has 2 aliphatic rings. The average Bonchev–Trinajstić information content (AvgIpc) is 3.38. The molecule has 0 fully saturated rings. The maximum Gasteiger partial charge on any atom is 0.215 e. The largest absolute Gasteiger partial charge is 0.490 e. The Morgan fingerprint density at radius 3 is 2.79 bits per heavy atom. The second-order valence-electron chi connectivity index (χ2n) is 6.72. The van der Waals surface area contributed by atoms with Crippen molar-refractivity contribution in [3.8, 4) is 11.5 Å². The number of benzene rings is 2. The quantitative estimate of drug-likeness (QED) is 0.525.